The Hall–Kier alpha value is -0.840. The van der Waals surface area contributed by atoms with Crippen LogP contribution in [0.2, 0.25) is 10.2 Å². The van der Waals surface area contributed by atoms with Crippen LogP contribution >= 0.6 is 23.2 Å². The van der Waals surface area contributed by atoms with E-state index in [-0.39, 0.29) is 15.7 Å². The maximum atomic E-state index is 10.3. The summed E-state index contributed by atoms with van der Waals surface area (Å²) < 4.78 is 0. The van der Waals surface area contributed by atoms with Gasteiger partial charge in [0.05, 0.1) is 17.5 Å². The molecule has 0 spiro atoms. The van der Waals surface area contributed by atoms with Gasteiger partial charge in [-0.25, -0.2) is 4.98 Å². The van der Waals surface area contributed by atoms with E-state index in [2.05, 4.69) is 4.98 Å². The van der Waals surface area contributed by atoms with E-state index >= 15 is 0 Å². The first-order chi connectivity index (χ1) is 6.50. The normalized spacial score (nSPS) is 12.5. The molecule has 1 aromatic rings. The quantitative estimate of drug-likeness (QED) is 0.786. The van der Waals surface area contributed by atoms with Crippen molar-refractivity contribution in [1.82, 2.24) is 4.98 Å². The molecule has 1 aromatic heterocycles. The molecule has 76 valence electrons. The van der Waals surface area contributed by atoms with Crippen molar-refractivity contribution in [3.8, 4) is 0 Å². The maximum Gasteiger partial charge on any atom is 0.306 e. The predicted molar refractivity (Wildman–Crippen MR) is 51.5 cm³/mol. The summed E-state index contributed by atoms with van der Waals surface area (Å²) >= 11 is 11.3. The van der Waals surface area contributed by atoms with E-state index in [1.54, 1.807) is 0 Å². The zero-order chi connectivity index (χ0) is 10.7. The van der Waals surface area contributed by atoms with Gasteiger partial charge >= 0.3 is 5.97 Å². The molecule has 14 heavy (non-hydrogen) atoms. The molecule has 0 amide bonds. The van der Waals surface area contributed by atoms with Crippen LogP contribution in [-0.4, -0.2) is 21.2 Å². The number of aromatic nitrogens is 1. The van der Waals surface area contributed by atoms with Gasteiger partial charge in [0.2, 0.25) is 0 Å². The van der Waals surface area contributed by atoms with Crippen molar-refractivity contribution in [1.29, 1.82) is 0 Å². The number of carboxylic acids is 1. The van der Waals surface area contributed by atoms with Gasteiger partial charge in [0, 0.05) is 11.8 Å². The van der Waals surface area contributed by atoms with Gasteiger partial charge in [-0.3, -0.25) is 4.79 Å². The van der Waals surface area contributed by atoms with Crippen LogP contribution in [0.3, 0.4) is 0 Å². The molecular weight excluding hydrogens is 229 g/mol. The van der Waals surface area contributed by atoms with Crippen LogP contribution < -0.4 is 0 Å². The van der Waals surface area contributed by atoms with Gasteiger partial charge in [0.15, 0.2) is 0 Å². The third-order valence-electron chi connectivity index (χ3n) is 1.58. The summed E-state index contributed by atoms with van der Waals surface area (Å²) in [5.74, 6) is -1.11. The van der Waals surface area contributed by atoms with Crippen LogP contribution in [0.25, 0.3) is 0 Å². The van der Waals surface area contributed by atoms with Crippen molar-refractivity contribution in [3.63, 3.8) is 0 Å². The Bertz CT molecular complexity index is 356. The molecule has 0 bridgehead atoms. The van der Waals surface area contributed by atoms with E-state index in [1.165, 1.54) is 12.3 Å². The van der Waals surface area contributed by atoms with E-state index < -0.39 is 18.5 Å². The number of hydrogen-bond acceptors (Lipinski definition) is 3. The lowest BCUT2D eigenvalue weighted by atomic mass is 10.1. The highest BCUT2D eigenvalue weighted by Crippen LogP contribution is 2.26. The Morgan fingerprint density at radius 1 is 1.57 bits per heavy atom. The Morgan fingerprint density at radius 3 is 2.71 bits per heavy atom. The van der Waals surface area contributed by atoms with Crippen molar-refractivity contribution in [2.24, 2.45) is 0 Å². The van der Waals surface area contributed by atoms with Crippen LogP contribution in [0.15, 0.2) is 12.3 Å². The van der Waals surface area contributed by atoms with Crippen LogP contribution in [0, 0.1) is 0 Å². The van der Waals surface area contributed by atoms with E-state index in [1.807, 2.05) is 0 Å². The van der Waals surface area contributed by atoms with Crippen molar-refractivity contribution in [2.45, 2.75) is 12.5 Å². The van der Waals surface area contributed by atoms with Crippen molar-refractivity contribution in [3.05, 3.63) is 28.0 Å². The van der Waals surface area contributed by atoms with Crippen molar-refractivity contribution < 1.29 is 15.0 Å². The molecule has 0 aromatic carbocycles. The Kier molecular flexibility index (Phi) is 3.69. The second kappa shape index (κ2) is 4.59. The second-order valence-corrected chi connectivity index (χ2v) is 3.44. The van der Waals surface area contributed by atoms with Crippen LogP contribution in [-0.2, 0) is 4.79 Å². The van der Waals surface area contributed by atoms with Crippen LogP contribution in [0.5, 0.6) is 0 Å². The molecule has 2 N–H and O–H groups in total. The smallest absolute Gasteiger partial charge is 0.306 e. The molecule has 0 radical (unpaired) electrons. The van der Waals surface area contributed by atoms with Gasteiger partial charge in [-0.1, -0.05) is 23.2 Å². The van der Waals surface area contributed by atoms with E-state index in [0.29, 0.717) is 0 Å². The zero-order valence-corrected chi connectivity index (χ0v) is 8.46. The molecule has 0 fully saturated rings. The first-order valence-electron chi connectivity index (χ1n) is 3.71. The number of pyridine rings is 1. The summed E-state index contributed by atoms with van der Waals surface area (Å²) in [7, 11) is 0. The molecule has 0 saturated heterocycles. The molecule has 0 aliphatic heterocycles. The lowest BCUT2D eigenvalue weighted by Crippen LogP contribution is -2.06. The summed E-state index contributed by atoms with van der Waals surface area (Å²) in [6, 6.07) is 1.35. The number of aliphatic carboxylic acids is 1. The van der Waals surface area contributed by atoms with E-state index in [4.69, 9.17) is 28.3 Å². The first-order valence-corrected chi connectivity index (χ1v) is 4.47. The number of carbonyl (C=O) groups is 1. The number of aliphatic hydroxyl groups is 1. The summed E-state index contributed by atoms with van der Waals surface area (Å²) in [5, 5.41) is 18.3. The number of hydrogen-bond donors (Lipinski definition) is 2. The Balaban J connectivity index is 2.90. The minimum Gasteiger partial charge on any atom is -0.481 e. The summed E-state index contributed by atoms with van der Waals surface area (Å²) in [5.41, 5.74) is 0.262. The van der Waals surface area contributed by atoms with Gasteiger partial charge in [0.25, 0.3) is 0 Å². The van der Waals surface area contributed by atoms with Gasteiger partial charge < -0.3 is 10.2 Å². The lowest BCUT2D eigenvalue weighted by Gasteiger charge is -2.09. The number of carboxylic acid groups (broad SMARTS) is 1. The fraction of sp³-hybridized carbons (Fsp3) is 0.250. The van der Waals surface area contributed by atoms with Crippen molar-refractivity contribution in [2.75, 3.05) is 0 Å². The molecule has 1 heterocycles. The Morgan fingerprint density at radius 2 is 2.21 bits per heavy atom. The average molecular weight is 236 g/mol. The van der Waals surface area contributed by atoms with Crippen molar-refractivity contribution >= 4 is 29.2 Å². The molecule has 6 heteroatoms. The second-order valence-electron chi connectivity index (χ2n) is 2.64. The number of halogens is 2. The molecule has 0 aliphatic rings. The minimum atomic E-state index is -1.16. The molecule has 4 nitrogen and oxygen atoms in total. The average Bonchev–Trinajstić information content (AvgIpc) is 2.01. The highest BCUT2D eigenvalue weighted by Gasteiger charge is 2.15. The molecule has 1 rings (SSSR count). The summed E-state index contributed by atoms with van der Waals surface area (Å²) in [4.78, 5) is 14.0. The third kappa shape index (κ3) is 2.83. The molecule has 0 unspecified atom stereocenters. The third-order valence-corrected chi connectivity index (χ3v) is 2.11. The highest BCUT2D eigenvalue weighted by atomic mass is 35.5. The summed E-state index contributed by atoms with van der Waals surface area (Å²) in [6.45, 7) is 0. The molecule has 1 atom stereocenters. The zero-order valence-electron chi connectivity index (χ0n) is 6.94. The topological polar surface area (TPSA) is 70.4 Å². The first kappa shape index (κ1) is 11.2. The molecular formula is C8H7Cl2NO3. The lowest BCUT2D eigenvalue weighted by molar-refractivity contribution is -0.139. The number of nitrogens with zero attached hydrogens (tertiary/aromatic N) is 1. The minimum absolute atomic E-state index is 0.196. The van der Waals surface area contributed by atoms with Gasteiger partial charge in [-0.2, -0.15) is 0 Å². The van der Waals surface area contributed by atoms with Crippen LogP contribution in [0.1, 0.15) is 18.1 Å². The number of aliphatic hydroxyl groups excluding tert-OH is 1. The standard InChI is InChI=1S/C8H7Cl2NO3/c9-5-1-7(10)11-3-4(5)6(12)2-8(13)14/h1,3,6,12H,2H2,(H,13,14)/t6-/m1/s1. The van der Waals surface area contributed by atoms with E-state index in [9.17, 15) is 9.90 Å². The van der Waals surface area contributed by atoms with Gasteiger partial charge in [0.1, 0.15) is 5.15 Å². The van der Waals surface area contributed by atoms with E-state index in [0.717, 1.165) is 0 Å². The predicted octanol–water partition coefficient (Wildman–Crippen LogP) is 1.90. The SMILES string of the molecule is O=C(O)C[C@@H](O)c1cnc(Cl)cc1Cl. The van der Waals surface area contributed by atoms with Crippen LogP contribution in [0.4, 0.5) is 0 Å². The largest absolute Gasteiger partial charge is 0.481 e. The highest BCUT2D eigenvalue weighted by molar-refractivity contribution is 6.34. The molecule has 0 saturated carbocycles. The number of rotatable bonds is 3. The van der Waals surface area contributed by atoms with Gasteiger partial charge in [-0.05, 0) is 6.07 Å². The van der Waals surface area contributed by atoms with Gasteiger partial charge in [-0.15, -0.1) is 0 Å². The fourth-order valence-corrected chi connectivity index (χ4v) is 1.43. The fourth-order valence-electron chi connectivity index (χ4n) is 0.939. The molecule has 0 aliphatic carbocycles. The Labute approximate surface area is 90.1 Å². The monoisotopic (exact) mass is 235 g/mol. The summed E-state index contributed by atoms with van der Waals surface area (Å²) in [6.07, 6.45) is -0.314. The maximum absolute atomic E-state index is 10.3.